The molecule has 6 nitrogen and oxygen atoms in total. The van der Waals surface area contributed by atoms with Crippen LogP contribution in [0.25, 0.3) is 6.08 Å². The predicted octanol–water partition coefficient (Wildman–Crippen LogP) is 2.77. The molecule has 0 atom stereocenters. The lowest BCUT2D eigenvalue weighted by Crippen LogP contribution is -2.32. The molecule has 0 saturated heterocycles. The van der Waals surface area contributed by atoms with Crippen molar-refractivity contribution >= 4 is 22.0 Å². The molecule has 0 spiro atoms. The van der Waals surface area contributed by atoms with Gasteiger partial charge in [-0.2, -0.15) is 0 Å². The van der Waals surface area contributed by atoms with Crippen molar-refractivity contribution in [1.29, 1.82) is 0 Å². The van der Waals surface area contributed by atoms with Crippen molar-refractivity contribution < 1.29 is 17.7 Å². The molecule has 1 aromatic heterocycles. The maximum absolute atomic E-state index is 12.6. The number of carbonyl (C=O) groups is 1. The maximum atomic E-state index is 12.6. The molecule has 1 aromatic carbocycles. The Labute approximate surface area is 141 Å². The number of nitrogens with zero attached hydrogens (tertiary/aromatic N) is 2. The summed E-state index contributed by atoms with van der Waals surface area (Å²) in [6, 6.07) is 5.81. The van der Waals surface area contributed by atoms with E-state index in [1.807, 2.05) is 32.0 Å². The van der Waals surface area contributed by atoms with Crippen LogP contribution >= 0.6 is 0 Å². The number of benzene rings is 1. The van der Waals surface area contributed by atoms with E-state index in [0.717, 1.165) is 16.7 Å². The first-order valence-electron chi connectivity index (χ1n) is 7.35. The molecule has 7 heteroatoms. The van der Waals surface area contributed by atoms with E-state index < -0.39 is 15.9 Å². The molecular formula is C17H20N2O4S. The van der Waals surface area contributed by atoms with Gasteiger partial charge >= 0.3 is 0 Å². The van der Waals surface area contributed by atoms with Gasteiger partial charge in [-0.05, 0) is 44.9 Å². The lowest BCUT2D eigenvalue weighted by Gasteiger charge is -2.15. The fourth-order valence-corrected chi connectivity index (χ4v) is 3.76. The summed E-state index contributed by atoms with van der Waals surface area (Å²) in [5.74, 6) is -0.486. The molecule has 0 unspecified atom stereocenters. The number of carbonyl (C=O) groups excluding carboxylic acids is 1. The van der Waals surface area contributed by atoms with Gasteiger partial charge in [0.25, 0.3) is 15.9 Å². The van der Waals surface area contributed by atoms with E-state index in [0.29, 0.717) is 4.31 Å². The van der Waals surface area contributed by atoms with Crippen molar-refractivity contribution in [3.63, 3.8) is 0 Å². The van der Waals surface area contributed by atoms with Crippen molar-refractivity contribution in [1.82, 2.24) is 9.46 Å². The van der Waals surface area contributed by atoms with Gasteiger partial charge in [0, 0.05) is 13.1 Å². The Hall–Kier alpha value is -2.41. The third-order valence-electron chi connectivity index (χ3n) is 3.73. The molecule has 2 aromatic rings. The van der Waals surface area contributed by atoms with Gasteiger partial charge in [-0.3, -0.25) is 4.79 Å². The van der Waals surface area contributed by atoms with E-state index in [1.165, 1.54) is 27.0 Å². The zero-order valence-corrected chi connectivity index (χ0v) is 15.1. The molecular weight excluding hydrogens is 328 g/mol. The molecule has 0 saturated carbocycles. The zero-order valence-electron chi connectivity index (χ0n) is 14.3. The third kappa shape index (κ3) is 3.41. The second kappa shape index (κ2) is 6.60. The van der Waals surface area contributed by atoms with Gasteiger partial charge in [-0.25, -0.2) is 12.7 Å². The van der Waals surface area contributed by atoms with Crippen LogP contribution in [0.5, 0.6) is 0 Å². The summed E-state index contributed by atoms with van der Waals surface area (Å²) in [6.45, 7) is 6.93. The van der Waals surface area contributed by atoms with Crippen molar-refractivity contribution in [2.24, 2.45) is 0 Å². The minimum absolute atomic E-state index is 0.0710. The van der Waals surface area contributed by atoms with Gasteiger partial charge in [-0.15, -0.1) is 0 Å². The number of hydrogen-bond acceptors (Lipinski definition) is 5. The minimum Gasteiger partial charge on any atom is -0.360 e. The summed E-state index contributed by atoms with van der Waals surface area (Å²) in [4.78, 5) is 12.2. The van der Waals surface area contributed by atoms with Crippen LogP contribution < -0.4 is 0 Å². The summed E-state index contributed by atoms with van der Waals surface area (Å²) >= 11 is 0. The lowest BCUT2D eigenvalue weighted by molar-refractivity contribution is -0.120. The van der Waals surface area contributed by atoms with Crippen LogP contribution in [0.15, 0.2) is 33.7 Å². The molecule has 0 aliphatic rings. The number of aromatic nitrogens is 1. The monoisotopic (exact) mass is 348 g/mol. The largest absolute Gasteiger partial charge is 0.360 e. The first-order valence-corrected chi connectivity index (χ1v) is 8.79. The van der Waals surface area contributed by atoms with E-state index in [-0.39, 0.29) is 16.3 Å². The second-order valence-corrected chi connectivity index (χ2v) is 7.56. The minimum atomic E-state index is -4.00. The molecule has 128 valence electrons. The van der Waals surface area contributed by atoms with Gasteiger partial charge in [0.2, 0.25) is 0 Å². The highest BCUT2D eigenvalue weighted by molar-refractivity contribution is 7.89. The lowest BCUT2D eigenvalue weighted by atomic mass is 10.1. The third-order valence-corrected chi connectivity index (χ3v) is 5.73. The van der Waals surface area contributed by atoms with Gasteiger partial charge in [0.15, 0.2) is 10.7 Å². The van der Waals surface area contributed by atoms with E-state index in [2.05, 4.69) is 5.16 Å². The Morgan fingerprint density at radius 3 is 2.42 bits per heavy atom. The Bertz CT molecular complexity index is 891. The first-order chi connectivity index (χ1) is 11.1. The SMILES string of the molecule is Cc1ccc(/C=C\C(=O)N(C)S(=O)(=O)c2c(C)noc2C)c(C)c1. The molecule has 0 fully saturated rings. The van der Waals surface area contributed by atoms with E-state index in [1.54, 1.807) is 6.08 Å². The predicted molar refractivity (Wildman–Crippen MR) is 90.9 cm³/mol. The van der Waals surface area contributed by atoms with Crippen LogP contribution in [0, 0.1) is 27.7 Å². The van der Waals surface area contributed by atoms with Gasteiger partial charge in [0.1, 0.15) is 5.69 Å². The number of aryl methyl sites for hydroxylation is 4. The van der Waals surface area contributed by atoms with Gasteiger partial charge < -0.3 is 4.52 Å². The molecule has 0 radical (unpaired) electrons. The average Bonchev–Trinajstić information content (AvgIpc) is 2.84. The van der Waals surface area contributed by atoms with Crippen molar-refractivity contribution in [3.05, 3.63) is 52.4 Å². The topological polar surface area (TPSA) is 80.5 Å². The summed E-state index contributed by atoms with van der Waals surface area (Å²) in [5.41, 5.74) is 3.21. The summed E-state index contributed by atoms with van der Waals surface area (Å²) in [5, 5.41) is 3.63. The highest BCUT2D eigenvalue weighted by atomic mass is 32.2. The quantitative estimate of drug-likeness (QED) is 0.794. The number of likely N-dealkylation sites (N-methyl/N-ethyl adjacent to an activating group) is 1. The zero-order chi connectivity index (χ0) is 18.1. The number of rotatable bonds is 4. The van der Waals surface area contributed by atoms with Gasteiger partial charge in [0.05, 0.1) is 0 Å². The fourth-order valence-electron chi connectivity index (χ4n) is 2.38. The van der Waals surface area contributed by atoms with Crippen LogP contribution in [0.3, 0.4) is 0 Å². The van der Waals surface area contributed by atoms with Crippen LogP contribution in [0.1, 0.15) is 28.1 Å². The molecule has 0 N–H and O–H groups in total. The second-order valence-electron chi connectivity index (χ2n) is 5.66. The Kier molecular flexibility index (Phi) is 4.94. The molecule has 0 bridgehead atoms. The highest BCUT2D eigenvalue weighted by Gasteiger charge is 2.30. The van der Waals surface area contributed by atoms with Gasteiger partial charge in [-0.1, -0.05) is 28.9 Å². The summed E-state index contributed by atoms with van der Waals surface area (Å²) < 4.78 is 30.7. The standard InChI is InChI=1S/C17H20N2O4S/c1-11-6-7-15(12(2)10-11)8-9-16(20)19(5)24(21,22)17-13(3)18-23-14(17)4/h6-10H,1-5H3/b9-8-. The molecule has 0 aliphatic carbocycles. The van der Waals surface area contributed by atoms with Crippen LogP contribution in [0.4, 0.5) is 0 Å². The summed E-state index contributed by atoms with van der Waals surface area (Å²) in [7, 11) is -2.78. The first kappa shape index (κ1) is 17.9. The average molecular weight is 348 g/mol. The Morgan fingerprint density at radius 1 is 1.21 bits per heavy atom. The highest BCUT2D eigenvalue weighted by Crippen LogP contribution is 2.22. The van der Waals surface area contributed by atoms with Crippen molar-refractivity contribution in [2.75, 3.05) is 7.05 Å². The van der Waals surface area contributed by atoms with Crippen LogP contribution in [-0.4, -0.2) is 30.8 Å². The van der Waals surface area contributed by atoms with E-state index in [4.69, 9.17) is 4.52 Å². The number of sulfonamides is 1. The molecule has 2 rings (SSSR count). The van der Waals surface area contributed by atoms with Crippen LogP contribution in [-0.2, 0) is 14.8 Å². The van der Waals surface area contributed by atoms with Crippen LogP contribution in [0.2, 0.25) is 0 Å². The fraction of sp³-hybridized carbons (Fsp3) is 0.294. The Balaban J connectivity index is 2.28. The van der Waals surface area contributed by atoms with E-state index >= 15 is 0 Å². The van der Waals surface area contributed by atoms with Crippen molar-refractivity contribution in [3.8, 4) is 0 Å². The normalized spacial score (nSPS) is 11.9. The van der Waals surface area contributed by atoms with Crippen molar-refractivity contribution in [2.45, 2.75) is 32.6 Å². The molecule has 1 heterocycles. The summed E-state index contributed by atoms with van der Waals surface area (Å²) in [6.07, 6.45) is 2.85. The molecule has 24 heavy (non-hydrogen) atoms. The number of hydrogen-bond donors (Lipinski definition) is 0. The molecule has 0 aliphatic heterocycles. The Morgan fingerprint density at radius 2 is 1.88 bits per heavy atom. The van der Waals surface area contributed by atoms with E-state index in [9.17, 15) is 13.2 Å². The smallest absolute Gasteiger partial charge is 0.271 e. The number of amides is 1. The molecule has 1 amide bonds. The maximum Gasteiger partial charge on any atom is 0.271 e.